The highest BCUT2D eigenvalue weighted by Gasteiger charge is 2.12. The van der Waals surface area contributed by atoms with E-state index in [1.165, 1.54) is 37.2 Å². The summed E-state index contributed by atoms with van der Waals surface area (Å²) < 4.78 is 1.16. The monoisotopic (exact) mass is 285 g/mol. The second-order valence-electron chi connectivity index (χ2n) is 3.87. The fourth-order valence-corrected chi connectivity index (χ4v) is 3.27. The Morgan fingerprint density at radius 2 is 1.93 bits per heavy atom. The SMILES string of the molecule is Brc1ccc(SC2CCCNCC2)cc1. The summed E-state index contributed by atoms with van der Waals surface area (Å²) in [4.78, 5) is 1.39. The second-order valence-corrected chi connectivity index (χ2v) is 6.16. The number of halogens is 1. The fourth-order valence-electron chi connectivity index (χ4n) is 1.81. The number of benzene rings is 1. The van der Waals surface area contributed by atoms with Crippen molar-refractivity contribution < 1.29 is 0 Å². The van der Waals surface area contributed by atoms with Crippen molar-refractivity contribution in [2.24, 2.45) is 0 Å². The molecule has 2 rings (SSSR count). The Labute approximate surface area is 104 Å². The molecule has 0 aromatic heterocycles. The van der Waals surface area contributed by atoms with Crippen molar-refractivity contribution in [3.8, 4) is 0 Å². The van der Waals surface area contributed by atoms with Crippen molar-refractivity contribution >= 4 is 27.7 Å². The summed E-state index contributed by atoms with van der Waals surface area (Å²) in [5, 5.41) is 4.24. The van der Waals surface area contributed by atoms with E-state index in [4.69, 9.17) is 0 Å². The minimum absolute atomic E-state index is 0.793. The molecule has 0 spiro atoms. The summed E-state index contributed by atoms with van der Waals surface area (Å²) in [6, 6.07) is 8.65. The van der Waals surface area contributed by atoms with Gasteiger partial charge in [-0.2, -0.15) is 0 Å². The van der Waals surface area contributed by atoms with E-state index in [1.807, 2.05) is 11.8 Å². The van der Waals surface area contributed by atoms with Crippen molar-refractivity contribution in [2.45, 2.75) is 29.4 Å². The molecule has 1 aromatic carbocycles. The quantitative estimate of drug-likeness (QED) is 0.890. The summed E-state index contributed by atoms with van der Waals surface area (Å²) >= 11 is 5.49. The van der Waals surface area contributed by atoms with Gasteiger partial charge in [0.15, 0.2) is 0 Å². The molecule has 1 fully saturated rings. The van der Waals surface area contributed by atoms with Gasteiger partial charge in [0.05, 0.1) is 0 Å². The van der Waals surface area contributed by atoms with Crippen molar-refractivity contribution in [2.75, 3.05) is 13.1 Å². The van der Waals surface area contributed by atoms with Gasteiger partial charge in [-0.3, -0.25) is 0 Å². The van der Waals surface area contributed by atoms with E-state index in [0.29, 0.717) is 0 Å². The highest BCUT2D eigenvalue weighted by atomic mass is 79.9. The van der Waals surface area contributed by atoms with E-state index in [-0.39, 0.29) is 0 Å². The van der Waals surface area contributed by atoms with E-state index in [9.17, 15) is 0 Å². The average Bonchev–Trinajstić information content (AvgIpc) is 2.50. The standard InChI is InChI=1S/C12H16BrNS/c13-10-3-5-12(6-4-10)15-11-2-1-8-14-9-7-11/h3-6,11,14H,1-2,7-9H2. The summed E-state index contributed by atoms with van der Waals surface area (Å²) in [5.41, 5.74) is 0. The third-order valence-electron chi connectivity index (χ3n) is 2.64. The molecule has 0 saturated carbocycles. The summed E-state index contributed by atoms with van der Waals surface area (Å²) in [5.74, 6) is 0. The highest BCUT2D eigenvalue weighted by Crippen LogP contribution is 2.29. The van der Waals surface area contributed by atoms with Gasteiger partial charge in [0.1, 0.15) is 0 Å². The molecule has 3 heteroatoms. The second kappa shape index (κ2) is 5.92. The molecule has 0 aliphatic carbocycles. The zero-order valence-corrected chi connectivity index (χ0v) is 11.1. The van der Waals surface area contributed by atoms with Crippen LogP contribution >= 0.6 is 27.7 Å². The molecule has 0 radical (unpaired) electrons. The first-order chi connectivity index (χ1) is 7.34. The van der Waals surface area contributed by atoms with E-state index >= 15 is 0 Å². The van der Waals surface area contributed by atoms with Gasteiger partial charge < -0.3 is 5.32 Å². The Kier molecular flexibility index (Phi) is 4.54. The van der Waals surface area contributed by atoms with Crippen molar-refractivity contribution in [1.29, 1.82) is 0 Å². The number of thioether (sulfide) groups is 1. The van der Waals surface area contributed by atoms with Crippen LogP contribution in [0, 0.1) is 0 Å². The largest absolute Gasteiger partial charge is 0.317 e. The van der Waals surface area contributed by atoms with Crippen LogP contribution in [-0.2, 0) is 0 Å². The van der Waals surface area contributed by atoms with Gasteiger partial charge in [-0.1, -0.05) is 15.9 Å². The van der Waals surface area contributed by atoms with Crippen LogP contribution in [0.1, 0.15) is 19.3 Å². The maximum Gasteiger partial charge on any atom is 0.0176 e. The summed E-state index contributed by atoms with van der Waals surface area (Å²) in [6.07, 6.45) is 3.95. The molecule has 1 heterocycles. The Hall–Kier alpha value is 0.01000. The molecule has 82 valence electrons. The smallest absolute Gasteiger partial charge is 0.0176 e. The fraction of sp³-hybridized carbons (Fsp3) is 0.500. The van der Waals surface area contributed by atoms with Crippen LogP contribution in [0.2, 0.25) is 0 Å². The lowest BCUT2D eigenvalue weighted by molar-refractivity contribution is 0.703. The van der Waals surface area contributed by atoms with Crippen LogP contribution in [0.25, 0.3) is 0 Å². The normalized spacial score (nSPS) is 22.3. The molecule has 1 aliphatic heterocycles. The van der Waals surface area contributed by atoms with Gasteiger partial charge in [0, 0.05) is 14.6 Å². The van der Waals surface area contributed by atoms with E-state index < -0.39 is 0 Å². The van der Waals surface area contributed by atoms with Gasteiger partial charge in [-0.05, 0) is 56.6 Å². The molecule has 1 saturated heterocycles. The average molecular weight is 286 g/mol. The molecule has 0 amide bonds. The van der Waals surface area contributed by atoms with Crippen LogP contribution < -0.4 is 5.32 Å². The molecule has 0 bridgehead atoms. The minimum atomic E-state index is 0.793. The van der Waals surface area contributed by atoms with Crippen molar-refractivity contribution in [1.82, 2.24) is 5.32 Å². The topological polar surface area (TPSA) is 12.0 Å². The van der Waals surface area contributed by atoms with Crippen LogP contribution in [0.5, 0.6) is 0 Å². The molecular weight excluding hydrogens is 270 g/mol. The maximum atomic E-state index is 3.46. The van der Waals surface area contributed by atoms with E-state index in [1.54, 1.807) is 0 Å². The van der Waals surface area contributed by atoms with Crippen LogP contribution in [-0.4, -0.2) is 18.3 Å². The molecule has 1 aliphatic rings. The lowest BCUT2D eigenvalue weighted by Gasteiger charge is -2.12. The first-order valence-corrected chi connectivity index (χ1v) is 7.15. The van der Waals surface area contributed by atoms with Gasteiger partial charge >= 0.3 is 0 Å². The molecule has 1 atom stereocenters. The summed E-state index contributed by atoms with van der Waals surface area (Å²) in [6.45, 7) is 2.37. The van der Waals surface area contributed by atoms with Crippen molar-refractivity contribution in [3.63, 3.8) is 0 Å². The minimum Gasteiger partial charge on any atom is -0.317 e. The van der Waals surface area contributed by atoms with E-state index in [2.05, 4.69) is 45.5 Å². The zero-order chi connectivity index (χ0) is 10.5. The first kappa shape index (κ1) is 11.5. The molecule has 1 aromatic rings. The van der Waals surface area contributed by atoms with Gasteiger partial charge in [0.2, 0.25) is 0 Å². The highest BCUT2D eigenvalue weighted by molar-refractivity contribution is 9.10. The third-order valence-corrected chi connectivity index (χ3v) is 4.52. The Morgan fingerprint density at radius 1 is 1.13 bits per heavy atom. The van der Waals surface area contributed by atoms with Gasteiger partial charge in [0.25, 0.3) is 0 Å². The Morgan fingerprint density at radius 3 is 2.73 bits per heavy atom. The van der Waals surface area contributed by atoms with Crippen molar-refractivity contribution in [3.05, 3.63) is 28.7 Å². The molecule has 15 heavy (non-hydrogen) atoms. The lowest BCUT2D eigenvalue weighted by atomic mass is 10.2. The molecular formula is C12H16BrNS. The van der Waals surface area contributed by atoms with E-state index in [0.717, 1.165) is 9.72 Å². The maximum absolute atomic E-state index is 3.46. The number of rotatable bonds is 2. The number of nitrogens with one attached hydrogen (secondary N) is 1. The molecule has 1 unspecified atom stereocenters. The van der Waals surface area contributed by atoms with Crippen LogP contribution in [0.4, 0.5) is 0 Å². The predicted octanol–water partition coefficient (Wildman–Crippen LogP) is 3.68. The Balaban J connectivity index is 1.92. The zero-order valence-electron chi connectivity index (χ0n) is 8.71. The third kappa shape index (κ3) is 3.82. The van der Waals surface area contributed by atoms with Crippen LogP contribution in [0.15, 0.2) is 33.6 Å². The first-order valence-electron chi connectivity index (χ1n) is 5.47. The number of hydrogen-bond donors (Lipinski definition) is 1. The van der Waals surface area contributed by atoms with Crippen LogP contribution in [0.3, 0.4) is 0 Å². The predicted molar refractivity (Wildman–Crippen MR) is 70.5 cm³/mol. The van der Waals surface area contributed by atoms with Gasteiger partial charge in [-0.15, -0.1) is 11.8 Å². The Bertz CT molecular complexity index is 291. The number of hydrogen-bond acceptors (Lipinski definition) is 2. The van der Waals surface area contributed by atoms with Gasteiger partial charge in [-0.25, -0.2) is 0 Å². The lowest BCUT2D eigenvalue weighted by Crippen LogP contribution is -2.14. The summed E-state index contributed by atoms with van der Waals surface area (Å²) in [7, 11) is 0. The molecule has 1 N–H and O–H groups in total. The molecule has 1 nitrogen and oxygen atoms in total.